The molecule has 0 saturated carbocycles. The van der Waals surface area contributed by atoms with Crippen LogP contribution in [0.3, 0.4) is 0 Å². The highest BCUT2D eigenvalue weighted by Gasteiger charge is 2.37. The first-order chi connectivity index (χ1) is 27.5. The lowest BCUT2D eigenvalue weighted by Crippen LogP contribution is -2.62. The van der Waals surface area contributed by atoms with Gasteiger partial charge in [0, 0.05) is 18.4 Å². The number of fused-ring (bicyclic) bond motifs is 1. The number of hydrazine groups is 1. The summed E-state index contributed by atoms with van der Waals surface area (Å²) >= 11 is 17.2. The molecule has 1 fully saturated rings. The highest BCUT2D eigenvalue weighted by Crippen LogP contribution is 2.27. The van der Waals surface area contributed by atoms with E-state index in [4.69, 9.17) is 49.3 Å². The molecule has 1 aromatic heterocycles. The minimum atomic E-state index is -1.79. The predicted molar refractivity (Wildman–Crippen MR) is 230 cm³/mol. The maximum Gasteiger partial charge on any atom is 0.408 e. The number of alkyl halides is 3. The molecule has 3 aromatic rings. The lowest BCUT2D eigenvalue weighted by atomic mass is 9.89. The summed E-state index contributed by atoms with van der Waals surface area (Å²) < 4.78 is 8.74. The molecule has 0 radical (unpaired) electrons. The number of amides is 4. The van der Waals surface area contributed by atoms with E-state index in [0.29, 0.717) is 24.1 Å². The number of benzene rings is 2. The molecule has 0 unspecified atom stereocenters. The SMILES string of the molecule is CC(C)[C@H](NC(=O)C(C)(C)/C=C/c1ccc2ccc([C@@H](C)NC(=O)OC(C)(C)C)nc2c1)C(=O)N[C@@H](Cc1ccccc1)C(=O)N1CCC[C@@H](C(=O)OCC(Cl)(Cl)Cl)N1. The van der Waals surface area contributed by atoms with Crippen LogP contribution in [0.5, 0.6) is 0 Å². The van der Waals surface area contributed by atoms with Crippen molar-refractivity contribution in [1.82, 2.24) is 31.4 Å². The first kappa shape index (κ1) is 47.3. The number of alkyl carbamates (subject to hydrolysis) is 1. The van der Waals surface area contributed by atoms with E-state index in [1.54, 1.807) is 54.5 Å². The fourth-order valence-electron chi connectivity index (χ4n) is 6.16. The number of aromatic nitrogens is 1. The summed E-state index contributed by atoms with van der Waals surface area (Å²) in [6.07, 6.45) is 4.06. The molecule has 0 bridgehead atoms. The van der Waals surface area contributed by atoms with Gasteiger partial charge in [0.1, 0.15) is 30.3 Å². The molecule has 4 rings (SSSR count). The van der Waals surface area contributed by atoms with Crippen LogP contribution in [0.4, 0.5) is 4.79 Å². The summed E-state index contributed by atoms with van der Waals surface area (Å²) in [5.74, 6) is -2.42. The molecule has 4 amide bonds. The second kappa shape index (κ2) is 20.2. The Morgan fingerprint density at radius 3 is 2.25 bits per heavy atom. The van der Waals surface area contributed by atoms with Crippen LogP contribution >= 0.6 is 34.8 Å². The molecule has 1 aliphatic heterocycles. The highest BCUT2D eigenvalue weighted by molar-refractivity contribution is 6.67. The van der Waals surface area contributed by atoms with Crippen molar-refractivity contribution in [2.75, 3.05) is 13.2 Å². The first-order valence-corrected chi connectivity index (χ1v) is 20.7. The number of nitrogens with one attached hydrogen (secondary N) is 4. The number of pyridine rings is 1. The molecule has 4 atom stereocenters. The van der Waals surface area contributed by atoms with Crippen molar-refractivity contribution >= 4 is 81.6 Å². The highest BCUT2D eigenvalue weighted by atomic mass is 35.6. The second-order valence-electron chi connectivity index (χ2n) is 16.6. The van der Waals surface area contributed by atoms with Gasteiger partial charge in [-0.2, -0.15) is 0 Å². The smallest absolute Gasteiger partial charge is 0.408 e. The molecule has 0 aliphatic carbocycles. The Hall–Kier alpha value is -4.43. The van der Waals surface area contributed by atoms with Crippen LogP contribution in [0.15, 0.2) is 66.7 Å². The van der Waals surface area contributed by atoms with Crippen LogP contribution in [0.25, 0.3) is 17.0 Å². The van der Waals surface area contributed by atoms with Crippen molar-refractivity contribution < 1.29 is 33.4 Å². The molecular weight excluding hydrogens is 819 g/mol. The van der Waals surface area contributed by atoms with Crippen molar-refractivity contribution in [3.05, 3.63) is 83.6 Å². The van der Waals surface area contributed by atoms with Crippen molar-refractivity contribution in [3.63, 3.8) is 0 Å². The molecule has 2 aromatic carbocycles. The van der Waals surface area contributed by atoms with Crippen LogP contribution in [-0.4, -0.2) is 80.4 Å². The Labute approximate surface area is 361 Å². The average molecular weight is 874 g/mol. The monoisotopic (exact) mass is 872 g/mol. The van der Waals surface area contributed by atoms with E-state index in [1.807, 2.05) is 73.7 Å². The molecule has 0 spiro atoms. The molecule has 2 heterocycles. The maximum absolute atomic E-state index is 14.0. The quantitative estimate of drug-likeness (QED) is 0.0973. The largest absolute Gasteiger partial charge is 0.460 e. The van der Waals surface area contributed by atoms with Gasteiger partial charge in [-0.1, -0.05) is 109 Å². The standard InChI is InChI=1S/C43H55Cl3N6O7/c1-26(2)35(36(53)49-34(24-28-13-10-9-11-14-28)37(54)52-22-12-15-32(51-52)38(55)58-25-43(44,45)46)50-39(56)42(7,8)21-20-29-16-17-30-18-19-31(48-33(30)23-29)27(3)47-40(57)59-41(4,5)6/h9-11,13-14,16-21,23,26-27,32,34-35,51H,12,15,22,24-25H2,1-8H3,(H,47,57)(H,49,53)(H,50,56)/b21-20+/t27-,32+,34+,35+/m1/s1. The third-order valence-electron chi connectivity index (χ3n) is 9.44. The number of rotatable bonds is 14. The van der Waals surface area contributed by atoms with Gasteiger partial charge < -0.3 is 25.4 Å². The Bertz CT molecular complexity index is 2000. The summed E-state index contributed by atoms with van der Waals surface area (Å²) in [7, 11) is 0. The fourth-order valence-corrected chi connectivity index (χ4v) is 6.33. The molecule has 1 aliphatic rings. The number of carbonyl (C=O) groups is 5. The molecule has 320 valence electrons. The van der Waals surface area contributed by atoms with Crippen LogP contribution in [-0.2, 0) is 35.1 Å². The first-order valence-electron chi connectivity index (χ1n) is 19.6. The Balaban J connectivity index is 1.46. The van der Waals surface area contributed by atoms with Crippen LogP contribution in [0.1, 0.15) is 91.1 Å². The van der Waals surface area contributed by atoms with Gasteiger partial charge >= 0.3 is 12.1 Å². The number of carbonyl (C=O) groups excluding carboxylic acids is 5. The topological polar surface area (TPSA) is 168 Å². The molecular formula is C43H55Cl3N6O7. The number of nitrogens with zero attached hydrogens (tertiary/aromatic N) is 2. The molecule has 13 nitrogen and oxygen atoms in total. The number of ether oxygens (including phenoxy) is 2. The average Bonchev–Trinajstić information content (AvgIpc) is 3.16. The minimum Gasteiger partial charge on any atom is -0.460 e. The lowest BCUT2D eigenvalue weighted by molar-refractivity contribution is -0.153. The van der Waals surface area contributed by atoms with Gasteiger partial charge in [0.25, 0.3) is 5.91 Å². The Morgan fingerprint density at radius 1 is 0.932 bits per heavy atom. The second-order valence-corrected chi connectivity index (χ2v) is 19.1. The summed E-state index contributed by atoms with van der Waals surface area (Å²) in [6, 6.07) is 15.4. The van der Waals surface area contributed by atoms with E-state index in [-0.39, 0.29) is 18.9 Å². The summed E-state index contributed by atoms with van der Waals surface area (Å²) in [6.45, 7) is 14.1. The predicted octanol–water partition coefficient (Wildman–Crippen LogP) is 7.14. The van der Waals surface area contributed by atoms with E-state index in [0.717, 1.165) is 16.5 Å². The number of esters is 1. The van der Waals surface area contributed by atoms with Crippen molar-refractivity contribution in [3.8, 4) is 0 Å². The van der Waals surface area contributed by atoms with E-state index < -0.39 is 75.4 Å². The third kappa shape index (κ3) is 14.7. The molecule has 59 heavy (non-hydrogen) atoms. The van der Waals surface area contributed by atoms with Gasteiger partial charge in [0.05, 0.1) is 22.7 Å². The van der Waals surface area contributed by atoms with E-state index in [2.05, 4.69) is 21.4 Å². The third-order valence-corrected chi connectivity index (χ3v) is 9.77. The van der Waals surface area contributed by atoms with E-state index in [9.17, 15) is 24.0 Å². The number of hydrogen-bond acceptors (Lipinski definition) is 9. The van der Waals surface area contributed by atoms with Gasteiger partial charge in [-0.05, 0) is 83.6 Å². The van der Waals surface area contributed by atoms with Crippen LogP contribution in [0, 0.1) is 11.3 Å². The number of hydrogen-bond donors (Lipinski definition) is 4. The van der Waals surface area contributed by atoms with Crippen molar-refractivity contribution in [2.24, 2.45) is 11.3 Å². The minimum absolute atomic E-state index is 0.153. The van der Waals surface area contributed by atoms with Gasteiger partial charge in [0.15, 0.2) is 0 Å². The van der Waals surface area contributed by atoms with Gasteiger partial charge in [-0.25, -0.2) is 10.2 Å². The Morgan fingerprint density at radius 2 is 1.61 bits per heavy atom. The van der Waals surface area contributed by atoms with Gasteiger partial charge in [0.2, 0.25) is 15.6 Å². The van der Waals surface area contributed by atoms with Crippen molar-refractivity contribution in [1.29, 1.82) is 0 Å². The lowest BCUT2D eigenvalue weighted by Gasteiger charge is -2.35. The van der Waals surface area contributed by atoms with E-state index >= 15 is 0 Å². The normalized spacial score (nSPS) is 16.6. The fraction of sp³-hybridized carbons (Fsp3) is 0.488. The summed E-state index contributed by atoms with van der Waals surface area (Å²) in [4.78, 5) is 71.7. The van der Waals surface area contributed by atoms with Crippen LogP contribution in [0.2, 0.25) is 0 Å². The Kier molecular flexibility index (Phi) is 16.2. The summed E-state index contributed by atoms with van der Waals surface area (Å²) in [5, 5.41) is 10.8. The zero-order chi connectivity index (χ0) is 43.7. The van der Waals surface area contributed by atoms with Crippen LogP contribution < -0.4 is 21.4 Å². The molecule has 4 N–H and O–H groups in total. The van der Waals surface area contributed by atoms with Gasteiger partial charge in [-0.15, -0.1) is 0 Å². The zero-order valence-electron chi connectivity index (χ0n) is 34.7. The molecule has 16 heteroatoms. The maximum atomic E-state index is 14.0. The number of halogens is 3. The zero-order valence-corrected chi connectivity index (χ0v) is 37.0. The van der Waals surface area contributed by atoms with Gasteiger partial charge in [-0.3, -0.25) is 29.2 Å². The summed E-state index contributed by atoms with van der Waals surface area (Å²) in [5.41, 5.74) is 4.19. The molecule has 1 saturated heterocycles. The van der Waals surface area contributed by atoms with Crippen molar-refractivity contribution in [2.45, 2.75) is 108 Å². The van der Waals surface area contributed by atoms with E-state index in [1.165, 1.54) is 5.01 Å².